The minimum atomic E-state index is -2.61. The van der Waals surface area contributed by atoms with Crippen molar-refractivity contribution in [1.82, 2.24) is 15.6 Å². The van der Waals surface area contributed by atoms with E-state index in [1.54, 1.807) is 4.90 Å². The highest BCUT2D eigenvalue weighted by Gasteiger charge is 2.50. The Hall–Kier alpha value is -2.03. The van der Waals surface area contributed by atoms with E-state index in [1.807, 2.05) is 0 Å². The van der Waals surface area contributed by atoms with Crippen LogP contribution in [0.2, 0.25) is 0 Å². The molecule has 28 heavy (non-hydrogen) atoms. The number of nitrogens with zero attached hydrogens (tertiary/aromatic N) is 2. The molecule has 9 heteroatoms. The van der Waals surface area contributed by atoms with Gasteiger partial charge in [-0.05, 0) is 37.3 Å². The number of aromatic nitrogens is 1. The fourth-order valence-corrected chi connectivity index (χ4v) is 4.66. The van der Waals surface area contributed by atoms with Gasteiger partial charge < -0.3 is 20.3 Å². The minimum absolute atomic E-state index is 0.113. The van der Waals surface area contributed by atoms with Crippen molar-refractivity contribution in [3.8, 4) is 5.88 Å². The number of carbonyl (C=O) groups is 1. The molecular formula is C19H25F3N4O2. The molecule has 154 valence electrons. The summed E-state index contributed by atoms with van der Waals surface area (Å²) in [6.45, 7) is 1.67. The van der Waals surface area contributed by atoms with Crippen molar-refractivity contribution in [2.75, 3.05) is 31.6 Å². The summed E-state index contributed by atoms with van der Waals surface area (Å²) in [4.78, 5) is 18.2. The highest BCUT2D eigenvalue weighted by Crippen LogP contribution is 2.47. The van der Waals surface area contributed by atoms with Crippen LogP contribution in [-0.4, -0.2) is 49.6 Å². The van der Waals surface area contributed by atoms with Crippen molar-refractivity contribution in [1.29, 1.82) is 0 Å². The van der Waals surface area contributed by atoms with Crippen molar-refractivity contribution in [3.63, 3.8) is 0 Å². The Balaban J connectivity index is 1.45. The maximum absolute atomic E-state index is 14.7. The van der Waals surface area contributed by atoms with E-state index in [2.05, 4.69) is 15.6 Å². The topological polar surface area (TPSA) is 66.5 Å². The molecule has 0 bridgehead atoms. The number of ether oxygens (including phenoxy) is 1. The Bertz CT molecular complexity index is 739. The third-order valence-electron chi connectivity index (χ3n) is 6.02. The fourth-order valence-electron chi connectivity index (χ4n) is 4.66. The number of pyridine rings is 1. The number of alkyl halides is 2. The lowest BCUT2D eigenvalue weighted by atomic mass is 10.0. The zero-order valence-corrected chi connectivity index (χ0v) is 15.8. The Morgan fingerprint density at radius 1 is 1.39 bits per heavy atom. The SMILES string of the molecule is COc1nc(N2C[C@@H]3CC(F)(F)C[C@@H]3C2)c(F)cc1CNC(=O)C1CCCN1. The normalized spacial score (nSPS) is 28.4. The summed E-state index contributed by atoms with van der Waals surface area (Å²) >= 11 is 0. The van der Waals surface area contributed by atoms with Crippen molar-refractivity contribution in [2.24, 2.45) is 11.8 Å². The van der Waals surface area contributed by atoms with Gasteiger partial charge in [0.25, 0.3) is 0 Å². The quantitative estimate of drug-likeness (QED) is 0.795. The van der Waals surface area contributed by atoms with Gasteiger partial charge in [-0.15, -0.1) is 0 Å². The first-order valence-corrected chi connectivity index (χ1v) is 9.73. The molecule has 2 N–H and O–H groups in total. The lowest BCUT2D eigenvalue weighted by molar-refractivity contribution is -0.122. The van der Waals surface area contributed by atoms with Crippen LogP contribution in [0.4, 0.5) is 19.0 Å². The summed E-state index contributed by atoms with van der Waals surface area (Å²) in [7, 11) is 1.44. The van der Waals surface area contributed by atoms with Gasteiger partial charge in [0.15, 0.2) is 11.6 Å². The predicted molar refractivity (Wildman–Crippen MR) is 97.0 cm³/mol. The van der Waals surface area contributed by atoms with E-state index in [-0.39, 0.29) is 54.9 Å². The van der Waals surface area contributed by atoms with Crippen LogP contribution >= 0.6 is 0 Å². The van der Waals surface area contributed by atoms with Crippen LogP contribution in [0.5, 0.6) is 5.88 Å². The zero-order valence-electron chi connectivity index (χ0n) is 15.8. The Labute approximate surface area is 161 Å². The maximum atomic E-state index is 14.7. The van der Waals surface area contributed by atoms with Gasteiger partial charge in [0.1, 0.15) is 0 Å². The Kier molecular flexibility index (Phi) is 5.11. The molecule has 0 aromatic carbocycles. The average Bonchev–Trinajstić information content (AvgIpc) is 3.34. The monoisotopic (exact) mass is 398 g/mol. The third-order valence-corrected chi connectivity index (χ3v) is 6.02. The van der Waals surface area contributed by atoms with E-state index in [9.17, 15) is 18.0 Å². The van der Waals surface area contributed by atoms with Crippen LogP contribution in [0.15, 0.2) is 6.07 Å². The number of amides is 1. The summed E-state index contributed by atoms with van der Waals surface area (Å²) in [5.74, 6) is -3.18. The smallest absolute Gasteiger partial charge is 0.248 e. The van der Waals surface area contributed by atoms with E-state index in [1.165, 1.54) is 13.2 Å². The number of methoxy groups -OCH3 is 1. The van der Waals surface area contributed by atoms with E-state index in [0.29, 0.717) is 18.7 Å². The average molecular weight is 398 g/mol. The molecule has 1 aromatic rings. The highest BCUT2D eigenvalue weighted by atomic mass is 19.3. The summed E-state index contributed by atoms with van der Waals surface area (Å²) in [6.07, 6.45) is 1.44. The van der Waals surface area contributed by atoms with E-state index in [4.69, 9.17) is 4.74 Å². The van der Waals surface area contributed by atoms with Crippen LogP contribution < -0.4 is 20.3 Å². The minimum Gasteiger partial charge on any atom is -0.481 e. The van der Waals surface area contributed by atoms with Crippen molar-refractivity contribution < 1.29 is 22.7 Å². The Morgan fingerprint density at radius 3 is 2.71 bits per heavy atom. The maximum Gasteiger partial charge on any atom is 0.248 e. The van der Waals surface area contributed by atoms with E-state index < -0.39 is 11.7 Å². The predicted octanol–water partition coefficient (Wildman–Crippen LogP) is 2.08. The largest absolute Gasteiger partial charge is 0.481 e. The lowest BCUT2D eigenvalue weighted by Gasteiger charge is -2.22. The number of anilines is 1. The molecule has 1 saturated carbocycles. The van der Waals surface area contributed by atoms with Gasteiger partial charge in [0.2, 0.25) is 17.7 Å². The molecule has 3 heterocycles. The molecule has 6 nitrogen and oxygen atoms in total. The second kappa shape index (κ2) is 7.42. The third kappa shape index (κ3) is 3.76. The molecule has 2 saturated heterocycles. The van der Waals surface area contributed by atoms with E-state index >= 15 is 0 Å². The van der Waals surface area contributed by atoms with Gasteiger partial charge in [0, 0.05) is 38.0 Å². The number of halogens is 3. The Morgan fingerprint density at radius 2 is 2.11 bits per heavy atom. The van der Waals surface area contributed by atoms with Crippen LogP contribution in [0.25, 0.3) is 0 Å². The second-order valence-electron chi connectivity index (χ2n) is 8.02. The van der Waals surface area contributed by atoms with Crippen molar-refractivity contribution in [3.05, 3.63) is 17.4 Å². The first-order chi connectivity index (χ1) is 13.4. The molecule has 3 fully saturated rings. The highest BCUT2D eigenvalue weighted by molar-refractivity contribution is 5.82. The molecule has 2 aliphatic heterocycles. The van der Waals surface area contributed by atoms with Gasteiger partial charge in [-0.1, -0.05) is 0 Å². The molecule has 0 spiro atoms. The van der Waals surface area contributed by atoms with Crippen LogP contribution in [0.3, 0.4) is 0 Å². The van der Waals surface area contributed by atoms with E-state index in [0.717, 1.165) is 19.4 Å². The van der Waals surface area contributed by atoms with Gasteiger partial charge in [0.05, 0.1) is 13.2 Å². The second-order valence-corrected chi connectivity index (χ2v) is 8.02. The molecular weight excluding hydrogens is 373 g/mol. The number of hydrogen-bond donors (Lipinski definition) is 2. The number of rotatable bonds is 5. The standard InChI is InChI=1S/C19H25F3N4O2/c1-28-18-11(8-24-17(27)15-3-2-4-23-15)5-14(20)16(25-18)26-9-12-6-19(21,22)7-13(12)10-26/h5,12-13,15,23H,2-4,6-10H2,1H3,(H,24,27)/t12-,13+,15?. The number of fused-ring (bicyclic) bond motifs is 1. The molecule has 1 aliphatic carbocycles. The summed E-state index contributed by atoms with van der Waals surface area (Å²) < 4.78 is 47.1. The molecule has 4 rings (SSSR count). The summed E-state index contributed by atoms with van der Waals surface area (Å²) in [6, 6.07) is 1.09. The molecule has 0 radical (unpaired) electrons. The number of carbonyl (C=O) groups excluding carboxylic acids is 1. The zero-order chi connectivity index (χ0) is 19.9. The molecule has 1 amide bonds. The molecule has 3 aliphatic rings. The number of nitrogens with one attached hydrogen (secondary N) is 2. The summed E-state index contributed by atoms with van der Waals surface area (Å²) in [5, 5.41) is 5.90. The van der Waals surface area contributed by atoms with Crippen LogP contribution in [-0.2, 0) is 11.3 Å². The summed E-state index contributed by atoms with van der Waals surface area (Å²) in [5.41, 5.74) is 0.445. The first kappa shape index (κ1) is 19.3. The molecule has 3 atom stereocenters. The van der Waals surface area contributed by atoms with Gasteiger partial charge >= 0.3 is 0 Å². The van der Waals surface area contributed by atoms with Gasteiger partial charge in [-0.2, -0.15) is 4.98 Å². The molecule has 1 aromatic heterocycles. The van der Waals surface area contributed by atoms with Gasteiger partial charge in [-0.25, -0.2) is 13.2 Å². The van der Waals surface area contributed by atoms with Crippen molar-refractivity contribution >= 4 is 11.7 Å². The number of hydrogen-bond acceptors (Lipinski definition) is 5. The van der Waals surface area contributed by atoms with Gasteiger partial charge in [-0.3, -0.25) is 4.79 Å². The van der Waals surface area contributed by atoms with Crippen molar-refractivity contribution in [2.45, 2.75) is 44.2 Å². The van der Waals surface area contributed by atoms with Crippen LogP contribution in [0.1, 0.15) is 31.2 Å². The lowest BCUT2D eigenvalue weighted by Crippen LogP contribution is -2.40. The van der Waals surface area contributed by atoms with Crippen LogP contribution in [0, 0.1) is 17.7 Å². The first-order valence-electron chi connectivity index (χ1n) is 9.73. The molecule has 1 unspecified atom stereocenters. The fraction of sp³-hybridized carbons (Fsp3) is 0.684.